The highest BCUT2D eigenvalue weighted by atomic mass is 35.5. The zero-order chi connectivity index (χ0) is 26.1. The van der Waals surface area contributed by atoms with Crippen molar-refractivity contribution >= 4 is 46.2 Å². The Labute approximate surface area is 225 Å². The quantitative estimate of drug-likeness (QED) is 0.279. The number of rotatable bonds is 6. The molecule has 188 valence electrons. The summed E-state index contributed by atoms with van der Waals surface area (Å²) in [6, 6.07) is 20.9. The van der Waals surface area contributed by atoms with E-state index in [9.17, 15) is 9.18 Å². The lowest BCUT2D eigenvalue weighted by molar-refractivity contribution is -0.118. The number of hydrogen-bond donors (Lipinski definition) is 2. The van der Waals surface area contributed by atoms with Crippen LogP contribution < -0.4 is 15.5 Å². The molecule has 2 aromatic carbocycles. The fourth-order valence-corrected chi connectivity index (χ4v) is 5.03. The number of amides is 1. The predicted octanol–water partition coefficient (Wildman–Crippen LogP) is 6.44. The van der Waals surface area contributed by atoms with Gasteiger partial charge in [-0.3, -0.25) is 9.78 Å². The third kappa shape index (κ3) is 4.95. The highest BCUT2D eigenvalue weighted by Crippen LogP contribution is 2.43. The highest BCUT2D eigenvalue weighted by Gasteiger charge is 2.42. The van der Waals surface area contributed by atoms with Crippen LogP contribution in [0.25, 0.3) is 5.69 Å². The monoisotopic (exact) mass is 533 g/mol. The highest BCUT2D eigenvalue weighted by molar-refractivity contribution is 7.80. The Balaban J connectivity index is 1.60. The number of anilines is 2. The van der Waals surface area contributed by atoms with Gasteiger partial charge in [0, 0.05) is 35.4 Å². The van der Waals surface area contributed by atoms with Crippen molar-refractivity contribution in [3.8, 4) is 5.69 Å². The smallest absolute Gasteiger partial charge is 0.226 e. The number of hydrogen-bond acceptors (Lipinski definition) is 3. The normalized spacial score (nSPS) is 17.2. The second kappa shape index (κ2) is 10.3. The van der Waals surface area contributed by atoms with Crippen LogP contribution in [-0.4, -0.2) is 20.6 Å². The van der Waals surface area contributed by atoms with E-state index in [1.165, 1.54) is 12.1 Å². The summed E-state index contributed by atoms with van der Waals surface area (Å²) in [4.78, 5) is 18.8. The van der Waals surface area contributed by atoms with Crippen molar-refractivity contribution in [3.05, 3.63) is 107 Å². The van der Waals surface area contributed by atoms with Crippen molar-refractivity contribution in [2.75, 3.05) is 10.2 Å². The largest absolute Gasteiger partial charge is 0.351 e. The molecule has 37 heavy (non-hydrogen) atoms. The van der Waals surface area contributed by atoms with E-state index in [1.807, 2.05) is 72.0 Å². The summed E-state index contributed by atoms with van der Waals surface area (Å²) in [7, 11) is 0. The van der Waals surface area contributed by atoms with E-state index in [-0.39, 0.29) is 29.7 Å². The Hall–Kier alpha value is -3.75. The summed E-state index contributed by atoms with van der Waals surface area (Å²) in [6.07, 6.45) is 3.64. The standard InChI is InChI=1S/C28H25ClFN5OS/c1-17(2)27(36)32-22-12-11-20(16-21(22)29)35-26(25(33-28(35)37)23-9-3-4-13-31-23)24-10-6-14-34(24)19-8-5-7-18(30)15-19/h3-17,25-26H,1-2H3,(H,32,36)(H,33,37)/t25-,26-/m0/s1. The molecule has 0 radical (unpaired) electrons. The first-order chi connectivity index (χ1) is 17.8. The fourth-order valence-electron chi connectivity index (χ4n) is 4.46. The molecule has 0 bridgehead atoms. The van der Waals surface area contributed by atoms with Crippen LogP contribution in [-0.2, 0) is 4.79 Å². The maximum Gasteiger partial charge on any atom is 0.226 e. The predicted molar refractivity (Wildman–Crippen MR) is 149 cm³/mol. The van der Waals surface area contributed by atoms with Crippen molar-refractivity contribution < 1.29 is 9.18 Å². The summed E-state index contributed by atoms with van der Waals surface area (Å²) in [6.45, 7) is 3.64. The van der Waals surface area contributed by atoms with Gasteiger partial charge in [0.15, 0.2) is 5.11 Å². The van der Waals surface area contributed by atoms with Gasteiger partial charge in [0.2, 0.25) is 5.91 Å². The molecule has 6 nitrogen and oxygen atoms in total. The summed E-state index contributed by atoms with van der Waals surface area (Å²) in [5, 5.41) is 7.18. The summed E-state index contributed by atoms with van der Waals surface area (Å²) >= 11 is 12.4. The van der Waals surface area contributed by atoms with Gasteiger partial charge < -0.3 is 20.1 Å². The van der Waals surface area contributed by atoms with Gasteiger partial charge in [-0.25, -0.2) is 4.39 Å². The topological polar surface area (TPSA) is 62.2 Å². The number of halogens is 2. The Bertz CT molecular complexity index is 1460. The molecule has 3 heterocycles. The minimum Gasteiger partial charge on any atom is -0.351 e. The molecule has 1 amide bonds. The first kappa shape index (κ1) is 24.9. The van der Waals surface area contributed by atoms with Crippen molar-refractivity contribution in [2.24, 2.45) is 5.92 Å². The van der Waals surface area contributed by atoms with Gasteiger partial charge in [-0.15, -0.1) is 0 Å². The number of carbonyl (C=O) groups is 1. The second-order valence-electron chi connectivity index (χ2n) is 9.09. The average Bonchev–Trinajstić information content (AvgIpc) is 3.50. The number of benzene rings is 2. The van der Waals surface area contributed by atoms with Crippen LogP contribution in [0.3, 0.4) is 0 Å². The number of nitrogens with zero attached hydrogens (tertiary/aromatic N) is 3. The van der Waals surface area contributed by atoms with E-state index in [0.29, 0.717) is 21.5 Å². The molecule has 1 saturated heterocycles. The van der Waals surface area contributed by atoms with Crippen LogP contribution in [0.1, 0.15) is 37.3 Å². The molecule has 9 heteroatoms. The molecule has 1 aliphatic rings. The number of carbonyl (C=O) groups excluding carboxylic acids is 1. The number of aromatic nitrogens is 2. The molecular formula is C28H25ClFN5OS. The zero-order valence-electron chi connectivity index (χ0n) is 20.2. The fraction of sp³-hybridized carbons (Fsp3) is 0.179. The van der Waals surface area contributed by atoms with Crippen molar-refractivity contribution in [1.82, 2.24) is 14.9 Å². The van der Waals surface area contributed by atoms with Gasteiger partial charge >= 0.3 is 0 Å². The second-order valence-corrected chi connectivity index (χ2v) is 9.88. The van der Waals surface area contributed by atoms with Crippen LogP contribution in [0.2, 0.25) is 5.02 Å². The molecule has 2 atom stereocenters. The van der Waals surface area contributed by atoms with Gasteiger partial charge in [0.05, 0.1) is 22.4 Å². The van der Waals surface area contributed by atoms with E-state index in [2.05, 4.69) is 15.6 Å². The average molecular weight is 534 g/mol. The molecule has 2 aromatic heterocycles. The number of nitrogens with one attached hydrogen (secondary N) is 2. The molecule has 0 aliphatic carbocycles. The molecule has 1 aliphatic heterocycles. The first-order valence-corrected chi connectivity index (χ1v) is 12.7. The molecule has 5 rings (SSSR count). The van der Waals surface area contributed by atoms with Gasteiger partial charge in [-0.05, 0) is 72.9 Å². The van der Waals surface area contributed by atoms with E-state index >= 15 is 0 Å². The lowest BCUT2D eigenvalue weighted by Crippen LogP contribution is -2.30. The molecular weight excluding hydrogens is 509 g/mol. The van der Waals surface area contributed by atoms with Crippen LogP contribution in [0.4, 0.5) is 15.8 Å². The molecule has 1 fully saturated rings. The first-order valence-electron chi connectivity index (χ1n) is 11.9. The zero-order valence-corrected chi connectivity index (χ0v) is 21.8. The van der Waals surface area contributed by atoms with Gasteiger partial charge in [0.25, 0.3) is 0 Å². The molecule has 0 spiro atoms. The maximum absolute atomic E-state index is 14.1. The third-order valence-electron chi connectivity index (χ3n) is 6.28. The Morgan fingerprint density at radius 3 is 2.62 bits per heavy atom. The van der Waals surface area contributed by atoms with Gasteiger partial charge in [-0.2, -0.15) is 0 Å². The molecule has 2 N–H and O–H groups in total. The Kier molecular flexibility index (Phi) is 6.95. The molecule has 0 saturated carbocycles. The van der Waals surface area contributed by atoms with E-state index in [4.69, 9.17) is 23.8 Å². The van der Waals surface area contributed by atoms with E-state index in [1.54, 1.807) is 24.4 Å². The van der Waals surface area contributed by atoms with E-state index in [0.717, 1.165) is 17.1 Å². The Morgan fingerprint density at radius 2 is 1.92 bits per heavy atom. The SMILES string of the molecule is CC(C)C(=O)Nc1ccc(N2C(=S)N[C@@H](c3ccccn3)[C@@H]2c2cccn2-c2cccc(F)c2)cc1Cl. The number of pyridine rings is 1. The van der Waals surface area contributed by atoms with Crippen molar-refractivity contribution in [2.45, 2.75) is 25.9 Å². The van der Waals surface area contributed by atoms with Gasteiger partial charge in [0.1, 0.15) is 11.9 Å². The van der Waals surface area contributed by atoms with Crippen LogP contribution in [0.5, 0.6) is 0 Å². The summed E-state index contributed by atoms with van der Waals surface area (Å²) < 4.78 is 16.1. The lowest BCUT2D eigenvalue weighted by atomic mass is 10.0. The molecule has 0 unspecified atom stereocenters. The number of thiocarbonyl (C=S) groups is 1. The van der Waals surface area contributed by atoms with Crippen LogP contribution in [0, 0.1) is 11.7 Å². The summed E-state index contributed by atoms with van der Waals surface area (Å²) in [5.74, 6) is -0.611. The van der Waals surface area contributed by atoms with Crippen LogP contribution in [0.15, 0.2) is 85.2 Å². The third-order valence-corrected chi connectivity index (χ3v) is 6.91. The molecule has 4 aromatic rings. The van der Waals surface area contributed by atoms with Crippen LogP contribution >= 0.6 is 23.8 Å². The minimum atomic E-state index is -0.326. The van der Waals surface area contributed by atoms with Gasteiger partial charge in [-0.1, -0.05) is 37.6 Å². The Morgan fingerprint density at radius 1 is 1.08 bits per heavy atom. The van der Waals surface area contributed by atoms with E-state index < -0.39 is 0 Å². The summed E-state index contributed by atoms with van der Waals surface area (Å²) in [5.41, 5.74) is 3.68. The lowest BCUT2D eigenvalue weighted by Gasteiger charge is -2.29. The van der Waals surface area contributed by atoms with Crippen molar-refractivity contribution in [3.63, 3.8) is 0 Å². The van der Waals surface area contributed by atoms with Crippen molar-refractivity contribution in [1.29, 1.82) is 0 Å². The minimum absolute atomic E-state index is 0.117. The maximum atomic E-state index is 14.1.